The van der Waals surface area contributed by atoms with Crippen molar-refractivity contribution in [2.45, 2.75) is 40.2 Å². The fourth-order valence-corrected chi connectivity index (χ4v) is 2.09. The molecular weight excluding hydrogens is 212 g/mol. The van der Waals surface area contributed by atoms with Gasteiger partial charge in [-0.05, 0) is 18.9 Å². The van der Waals surface area contributed by atoms with Crippen molar-refractivity contribution in [3.63, 3.8) is 0 Å². The van der Waals surface area contributed by atoms with E-state index >= 15 is 0 Å². The van der Waals surface area contributed by atoms with Crippen molar-refractivity contribution in [3.8, 4) is 0 Å². The number of nitrogens with zero attached hydrogens (tertiary/aromatic N) is 2. The molecule has 1 aromatic rings. The van der Waals surface area contributed by atoms with Gasteiger partial charge in [-0.15, -0.1) is 0 Å². The Morgan fingerprint density at radius 2 is 2.00 bits per heavy atom. The molecule has 0 spiro atoms. The third-order valence-corrected chi connectivity index (χ3v) is 3.41. The Kier molecular flexibility index (Phi) is 5.98. The molecule has 0 aliphatic carbocycles. The summed E-state index contributed by atoms with van der Waals surface area (Å²) in [4.78, 5) is 6.48. The van der Waals surface area contributed by atoms with Gasteiger partial charge in [-0.2, -0.15) is 0 Å². The summed E-state index contributed by atoms with van der Waals surface area (Å²) in [6.45, 7) is 8.70. The van der Waals surface area contributed by atoms with Crippen molar-refractivity contribution in [1.82, 2.24) is 4.98 Å². The van der Waals surface area contributed by atoms with Gasteiger partial charge in [0.05, 0.1) is 18.5 Å². The number of aliphatic hydroxyl groups is 1. The highest BCUT2D eigenvalue weighted by molar-refractivity contribution is 5.51. The van der Waals surface area contributed by atoms with Crippen LogP contribution >= 0.6 is 0 Å². The molecule has 0 aromatic carbocycles. The molecule has 0 fully saturated rings. The van der Waals surface area contributed by atoms with E-state index in [-0.39, 0.29) is 6.61 Å². The van der Waals surface area contributed by atoms with E-state index in [9.17, 15) is 5.11 Å². The molecule has 0 atom stereocenters. The minimum atomic E-state index is 0.0806. The number of hydrogen-bond donors (Lipinski definition) is 1. The van der Waals surface area contributed by atoms with Crippen molar-refractivity contribution in [2.24, 2.45) is 5.92 Å². The van der Waals surface area contributed by atoms with Gasteiger partial charge in [0, 0.05) is 24.8 Å². The maximum atomic E-state index is 9.36. The molecule has 0 unspecified atom stereocenters. The lowest BCUT2D eigenvalue weighted by Crippen LogP contribution is -2.30. The van der Waals surface area contributed by atoms with Crippen molar-refractivity contribution in [1.29, 1.82) is 0 Å². The Bertz CT molecular complexity index is 324. The first kappa shape index (κ1) is 14.0. The standard InChI is InChI=1S/C14H24N2O/c1-4-12(5-2)10-16(6-3)14-9-15-8-7-13(14)11-17/h7-9,12,17H,4-6,10-11H2,1-3H3. The maximum absolute atomic E-state index is 9.36. The Morgan fingerprint density at radius 1 is 1.29 bits per heavy atom. The molecule has 17 heavy (non-hydrogen) atoms. The first-order valence-corrected chi connectivity index (χ1v) is 6.55. The minimum Gasteiger partial charge on any atom is -0.392 e. The van der Waals surface area contributed by atoms with Gasteiger partial charge in [0.2, 0.25) is 0 Å². The van der Waals surface area contributed by atoms with Crippen LogP contribution in [0.15, 0.2) is 18.5 Å². The lowest BCUT2D eigenvalue weighted by Gasteiger charge is -2.28. The monoisotopic (exact) mass is 236 g/mol. The average molecular weight is 236 g/mol. The summed E-state index contributed by atoms with van der Waals surface area (Å²) in [7, 11) is 0. The van der Waals surface area contributed by atoms with Crippen molar-refractivity contribution in [3.05, 3.63) is 24.0 Å². The van der Waals surface area contributed by atoms with E-state index in [0.717, 1.165) is 24.3 Å². The Balaban J connectivity index is 2.85. The van der Waals surface area contributed by atoms with Gasteiger partial charge < -0.3 is 10.0 Å². The van der Waals surface area contributed by atoms with E-state index in [1.54, 1.807) is 6.20 Å². The fourth-order valence-electron chi connectivity index (χ4n) is 2.09. The van der Waals surface area contributed by atoms with Gasteiger partial charge >= 0.3 is 0 Å². The van der Waals surface area contributed by atoms with Crippen LogP contribution in [0.3, 0.4) is 0 Å². The minimum absolute atomic E-state index is 0.0806. The topological polar surface area (TPSA) is 36.4 Å². The van der Waals surface area contributed by atoms with Gasteiger partial charge in [0.1, 0.15) is 0 Å². The highest BCUT2D eigenvalue weighted by atomic mass is 16.3. The van der Waals surface area contributed by atoms with Gasteiger partial charge in [0.15, 0.2) is 0 Å². The van der Waals surface area contributed by atoms with E-state index in [2.05, 4.69) is 30.7 Å². The molecule has 1 aromatic heterocycles. The zero-order valence-corrected chi connectivity index (χ0v) is 11.2. The molecule has 3 nitrogen and oxygen atoms in total. The SMILES string of the molecule is CCC(CC)CN(CC)c1cnccc1CO. The molecule has 1 heterocycles. The van der Waals surface area contributed by atoms with Gasteiger partial charge in [0.25, 0.3) is 0 Å². The molecule has 0 amide bonds. The van der Waals surface area contributed by atoms with Crippen LogP contribution in [0.25, 0.3) is 0 Å². The smallest absolute Gasteiger partial charge is 0.0703 e. The largest absolute Gasteiger partial charge is 0.392 e. The predicted molar refractivity (Wildman–Crippen MR) is 72.1 cm³/mol. The van der Waals surface area contributed by atoms with Crippen LogP contribution in [-0.2, 0) is 6.61 Å². The molecule has 1 N–H and O–H groups in total. The van der Waals surface area contributed by atoms with Gasteiger partial charge in [-0.1, -0.05) is 26.7 Å². The second-order valence-electron chi connectivity index (χ2n) is 4.38. The van der Waals surface area contributed by atoms with Crippen molar-refractivity contribution < 1.29 is 5.11 Å². The molecule has 96 valence electrons. The van der Waals surface area contributed by atoms with Crippen LogP contribution in [0.1, 0.15) is 39.2 Å². The number of anilines is 1. The lowest BCUT2D eigenvalue weighted by atomic mass is 10.0. The molecule has 0 aliphatic rings. The fraction of sp³-hybridized carbons (Fsp3) is 0.643. The molecule has 0 aliphatic heterocycles. The Hall–Kier alpha value is -1.09. The molecule has 0 saturated carbocycles. The number of aromatic nitrogens is 1. The van der Waals surface area contributed by atoms with Crippen LogP contribution in [0.5, 0.6) is 0 Å². The third kappa shape index (κ3) is 3.70. The van der Waals surface area contributed by atoms with Crippen LogP contribution in [-0.4, -0.2) is 23.2 Å². The van der Waals surface area contributed by atoms with Gasteiger partial charge in [-0.3, -0.25) is 4.98 Å². The average Bonchev–Trinajstić information content (AvgIpc) is 2.40. The van der Waals surface area contributed by atoms with Crippen LogP contribution in [0.4, 0.5) is 5.69 Å². The van der Waals surface area contributed by atoms with Gasteiger partial charge in [-0.25, -0.2) is 0 Å². The maximum Gasteiger partial charge on any atom is 0.0703 e. The molecule has 0 radical (unpaired) electrons. The zero-order valence-electron chi connectivity index (χ0n) is 11.2. The second kappa shape index (κ2) is 7.28. The highest BCUT2D eigenvalue weighted by Gasteiger charge is 2.13. The summed E-state index contributed by atoms with van der Waals surface area (Å²) < 4.78 is 0. The summed E-state index contributed by atoms with van der Waals surface area (Å²) in [5.41, 5.74) is 2.04. The van der Waals surface area contributed by atoms with Crippen molar-refractivity contribution >= 4 is 5.69 Å². The zero-order chi connectivity index (χ0) is 12.7. The van der Waals surface area contributed by atoms with Crippen LogP contribution in [0.2, 0.25) is 0 Å². The van der Waals surface area contributed by atoms with E-state index in [1.807, 2.05) is 12.3 Å². The number of rotatable bonds is 7. The van der Waals surface area contributed by atoms with E-state index in [4.69, 9.17) is 0 Å². The first-order valence-electron chi connectivity index (χ1n) is 6.55. The second-order valence-corrected chi connectivity index (χ2v) is 4.38. The lowest BCUT2D eigenvalue weighted by molar-refractivity contribution is 0.281. The first-order chi connectivity index (χ1) is 8.26. The summed E-state index contributed by atoms with van der Waals surface area (Å²) in [5.74, 6) is 0.710. The summed E-state index contributed by atoms with van der Waals surface area (Å²) in [6, 6.07) is 1.89. The van der Waals surface area contributed by atoms with E-state index < -0.39 is 0 Å². The quantitative estimate of drug-likeness (QED) is 0.791. The Morgan fingerprint density at radius 3 is 2.53 bits per heavy atom. The summed E-state index contributed by atoms with van der Waals surface area (Å²) in [6.07, 6.45) is 5.99. The van der Waals surface area contributed by atoms with E-state index in [1.165, 1.54) is 12.8 Å². The highest BCUT2D eigenvalue weighted by Crippen LogP contribution is 2.21. The van der Waals surface area contributed by atoms with E-state index in [0.29, 0.717) is 5.92 Å². The molecule has 0 bridgehead atoms. The normalized spacial score (nSPS) is 10.9. The Labute approximate surface area is 104 Å². The van der Waals surface area contributed by atoms with Crippen LogP contribution in [0, 0.1) is 5.92 Å². The third-order valence-electron chi connectivity index (χ3n) is 3.41. The molecule has 0 saturated heterocycles. The van der Waals surface area contributed by atoms with Crippen molar-refractivity contribution in [2.75, 3.05) is 18.0 Å². The number of aliphatic hydroxyl groups excluding tert-OH is 1. The predicted octanol–water partition coefficient (Wildman–Crippen LogP) is 2.84. The number of pyridine rings is 1. The summed E-state index contributed by atoms with van der Waals surface area (Å²) in [5, 5.41) is 9.36. The molecule has 1 rings (SSSR count). The molecular formula is C14H24N2O. The van der Waals surface area contributed by atoms with Crippen LogP contribution < -0.4 is 4.90 Å². The molecule has 3 heteroatoms. The number of hydrogen-bond acceptors (Lipinski definition) is 3. The summed E-state index contributed by atoms with van der Waals surface area (Å²) >= 11 is 0.